The Labute approximate surface area is 125 Å². The quantitative estimate of drug-likeness (QED) is 0.925. The minimum Gasteiger partial charge on any atom is -0.343 e. The van der Waals surface area contributed by atoms with Gasteiger partial charge in [0.15, 0.2) is 0 Å². The fourth-order valence-electron chi connectivity index (χ4n) is 3.28. The zero-order valence-corrected chi connectivity index (χ0v) is 12.5. The molecule has 0 saturated carbocycles. The molecule has 1 aromatic rings. The number of fused-ring (bicyclic) bond motifs is 1. The second-order valence-electron chi connectivity index (χ2n) is 5.73. The Balaban J connectivity index is 1.49. The first kappa shape index (κ1) is 13.9. The molecular formula is C16H21ClN2O. The standard InChI is InChI=1S/C16H21ClN2O/c17-13-4-5-14-12(11-13)3-6-15(14)18-8-7-16(20)19-9-1-2-10-19/h4-5,11,15,18H,1-3,6-10H2. The number of benzene rings is 1. The Morgan fingerprint density at radius 1 is 1.35 bits per heavy atom. The molecule has 2 aliphatic rings. The molecule has 1 amide bonds. The molecule has 1 aliphatic heterocycles. The number of carbonyl (C=O) groups excluding carboxylic acids is 1. The second-order valence-corrected chi connectivity index (χ2v) is 6.16. The fraction of sp³-hybridized carbons (Fsp3) is 0.562. The largest absolute Gasteiger partial charge is 0.343 e. The Morgan fingerprint density at radius 3 is 2.95 bits per heavy atom. The van der Waals surface area contributed by atoms with E-state index < -0.39 is 0 Å². The molecule has 0 spiro atoms. The summed E-state index contributed by atoms with van der Waals surface area (Å²) in [5, 5.41) is 4.33. The zero-order valence-electron chi connectivity index (χ0n) is 11.7. The van der Waals surface area contributed by atoms with Crippen LogP contribution in [0.25, 0.3) is 0 Å². The van der Waals surface area contributed by atoms with Crippen LogP contribution in [0, 0.1) is 0 Å². The summed E-state index contributed by atoms with van der Waals surface area (Å²) in [6.45, 7) is 2.66. The van der Waals surface area contributed by atoms with E-state index in [4.69, 9.17) is 11.6 Å². The SMILES string of the molecule is O=C(CCNC1CCc2cc(Cl)ccc21)N1CCCC1. The van der Waals surface area contributed by atoms with Gasteiger partial charge in [0.05, 0.1) is 0 Å². The second kappa shape index (κ2) is 6.15. The van der Waals surface area contributed by atoms with Crippen molar-refractivity contribution in [3.8, 4) is 0 Å². The van der Waals surface area contributed by atoms with Crippen LogP contribution in [0.5, 0.6) is 0 Å². The predicted molar refractivity (Wildman–Crippen MR) is 80.9 cm³/mol. The van der Waals surface area contributed by atoms with Gasteiger partial charge < -0.3 is 10.2 Å². The molecule has 1 N–H and O–H groups in total. The smallest absolute Gasteiger partial charge is 0.223 e. The van der Waals surface area contributed by atoms with Crippen LogP contribution in [-0.4, -0.2) is 30.4 Å². The van der Waals surface area contributed by atoms with Gasteiger partial charge in [-0.2, -0.15) is 0 Å². The average molecular weight is 293 g/mol. The van der Waals surface area contributed by atoms with Crippen LogP contribution < -0.4 is 5.32 Å². The average Bonchev–Trinajstić information content (AvgIpc) is 3.08. The molecule has 1 aromatic carbocycles. The van der Waals surface area contributed by atoms with E-state index in [0.29, 0.717) is 18.4 Å². The lowest BCUT2D eigenvalue weighted by molar-refractivity contribution is -0.130. The molecule has 1 aliphatic carbocycles. The van der Waals surface area contributed by atoms with Crippen molar-refractivity contribution in [3.05, 3.63) is 34.3 Å². The number of aryl methyl sites for hydroxylation is 1. The molecule has 108 valence electrons. The lowest BCUT2D eigenvalue weighted by Crippen LogP contribution is -2.31. The summed E-state index contributed by atoms with van der Waals surface area (Å²) >= 11 is 6.02. The van der Waals surface area contributed by atoms with Gasteiger partial charge >= 0.3 is 0 Å². The summed E-state index contributed by atoms with van der Waals surface area (Å²) in [6, 6.07) is 6.52. The van der Waals surface area contributed by atoms with Crippen LogP contribution >= 0.6 is 11.6 Å². The van der Waals surface area contributed by atoms with Crippen molar-refractivity contribution in [1.29, 1.82) is 0 Å². The summed E-state index contributed by atoms with van der Waals surface area (Å²) < 4.78 is 0. The van der Waals surface area contributed by atoms with E-state index in [0.717, 1.165) is 50.3 Å². The van der Waals surface area contributed by atoms with E-state index in [2.05, 4.69) is 17.4 Å². The molecular weight excluding hydrogens is 272 g/mol. The number of carbonyl (C=O) groups is 1. The van der Waals surface area contributed by atoms with Crippen LogP contribution in [0.4, 0.5) is 0 Å². The first-order chi connectivity index (χ1) is 9.74. The van der Waals surface area contributed by atoms with E-state index >= 15 is 0 Å². The van der Waals surface area contributed by atoms with Gasteiger partial charge in [0.2, 0.25) is 5.91 Å². The van der Waals surface area contributed by atoms with Gasteiger partial charge in [-0.3, -0.25) is 4.79 Å². The van der Waals surface area contributed by atoms with Crippen LogP contribution in [0.2, 0.25) is 5.02 Å². The number of nitrogens with zero attached hydrogens (tertiary/aromatic N) is 1. The molecule has 3 nitrogen and oxygen atoms in total. The van der Waals surface area contributed by atoms with Crippen LogP contribution in [0.3, 0.4) is 0 Å². The molecule has 1 saturated heterocycles. The molecule has 1 heterocycles. The van der Waals surface area contributed by atoms with Crippen LogP contribution in [-0.2, 0) is 11.2 Å². The predicted octanol–water partition coefficient (Wildman–Crippen LogP) is 2.93. The van der Waals surface area contributed by atoms with Gasteiger partial charge in [-0.25, -0.2) is 0 Å². The highest BCUT2D eigenvalue weighted by Gasteiger charge is 2.23. The van der Waals surface area contributed by atoms with Gasteiger partial charge in [-0.1, -0.05) is 17.7 Å². The molecule has 0 radical (unpaired) electrons. The highest BCUT2D eigenvalue weighted by atomic mass is 35.5. The highest BCUT2D eigenvalue weighted by Crippen LogP contribution is 2.32. The van der Waals surface area contributed by atoms with E-state index in [-0.39, 0.29) is 0 Å². The summed E-state index contributed by atoms with van der Waals surface area (Å²) in [5.41, 5.74) is 2.70. The van der Waals surface area contributed by atoms with Crippen molar-refractivity contribution in [1.82, 2.24) is 10.2 Å². The first-order valence-electron chi connectivity index (χ1n) is 7.53. The molecule has 0 aromatic heterocycles. The monoisotopic (exact) mass is 292 g/mol. The van der Waals surface area contributed by atoms with Crippen molar-refractivity contribution < 1.29 is 4.79 Å². The van der Waals surface area contributed by atoms with E-state index in [1.54, 1.807) is 0 Å². The maximum atomic E-state index is 12.0. The Morgan fingerprint density at radius 2 is 2.15 bits per heavy atom. The molecule has 1 fully saturated rings. The van der Waals surface area contributed by atoms with E-state index in [9.17, 15) is 4.79 Å². The van der Waals surface area contributed by atoms with Crippen molar-refractivity contribution >= 4 is 17.5 Å². The maximum absolute atomic E-state index is 12.0. The minimum atomic E-state index is 0.296. The molecule has 1 atom stereocenters. The number of likely N-dealkylation sites (tertiary alicyclic amines) is 1. The van der Waals surface area contributed by atoms with Crippen LogP contribution in [0.1, 0.15) is 42.9 Å². The summed E-state index contributed by atoms with van der Waals surface area (Å²) in [6.07, 6.45) is 5.12. The lowest BCUT2D eigenvalue weighted by Gasteiger charge is -2.17. The van der Waals surface area contributed by atoms with Crippen molar-refractivity contribution in [2.75, 3.05) is 19.6 Å². The highest BCUT2D eigenvalue weighted by molar-refractivity contribution is 6.30. The van der Waals surface area contributed by atoms with Gasteiger partial charge in [-0.15, -0.1) is 0 Å². The van der Waals surface area contributed by atoms with E-state index in [1.807, 2.05) is 11.0 Å². The number of amides is 1. The van der Waals surface area contributed by atoms with Gasteiger partial charge in [0, 0.05) is 37.1 Å². The number of nitrogens with one attached hydrogen (secondary N) is 1. The molecule has 1 unspecified atom stereocenters. The van der Waals surface area contributed by atoms with Gasteiger partial charge in [0.1, 0.15) is 0 Å². The zero-order chi connectivity index (χ0) is 13.9. The third-order valence-electron chi connectivity index (χ3n) is 4.37. The Kier molecular flexibility index (Phi) is 4.27. The Bertz CT molecular complexity index is 497. The normalized spacial score (nSPS) is 21.2. The number of hydrogen-bond donors (Lipinski definition) is 1. The number of rotatable bonds is 4. The van der Waals surface area contributed by atoms with Crippen molar-refractivity contribution in [2.45, 2.75) is 38.1 Å². The molecule has 3 rings (SSSR count). The third kappa shape index (κ3) is 2.99. The van der Waals surface area contributed by atoms with Gasteiger partial charge in [-0.05, 0) is 48.9 Å². The van der Waals surface area contributed by atoms with Gasteiger partial charge in [0.25, 0.3) is 0 Å². The number of halogens is 1. The number of hydrogen-bond acceptors (Lipinski definition) is 2. The summed E-state index contributed by atoms with van der Waals surface area (Å²) in [5.74, 6) is 0.296. The summed E-state index contributed by atoms with van der Waals surface area (Å²) in [4.78, 5) is 14.0. The lowest BCUT2D eigenvalue weighted by atomic mass is 10.1. The molecule has 20 heavy (non-hydrogen) atoms. The van der Waals surface area contributed by atoms with Crippen molar-refractivity contribution in [3.63, 3.8) is 0 Å². The van der Waals surface area contributed by atoms with Crippen LogP contribution in [0.15, 0.2) is 18.2 Å². The fourth-order valence-corrected chi connectivity index (χ4v) is 3.47. The first-order valence-corrected chi connectivity index (χ1v) is 7.91. The van der Waals surface area contributed by atoms with E-state index in [1.165, 1.54) is 11.1 Å². The Hall–Kier alpha value is -1.06. The topological polar surface area (TPSA) is 32.3 Å². The van der Waals surface area contributed by atoms with Crippen molar-refractivity contribution in [2.24, 2.45) is 0 Å². The summed E-state index contributed by atoms with van der Waals surface area (Å²) in [7, 11) is 0. The molecule has 4 heteroatoms. The minimum absolute atomic E-state index is 0.296. The molecule has 0 bridgehead atoms. The maximum Gasteiger partial charge on any atom is 0.223 e. The third-order valence-corrected chi connectivity index (χ3v) is 4.61.